The molecule has 0 radical (unpaired) electrons. The summed E-state index contributed by atoms with van der Waals surface area (Å²) in [4.78, 5) is 4.60. The molecule has 0 aromatic carbocycles. The van der Waals surface area contributed by atoms with E-state index in [1.807, 2.05) is 12.3 Å². The van der Waals surface area contributed by atoms with Crippen LogP contribution >= 0.6 is 0 Å². The van der Waals surface area contributed by atoms with Crippen molar-refractivity contribution < 1.29 is 0 Å². The maximum atomic E-state index is 4.60. The summed E-state index contributed by atoms with van der Waals surface area (Å²) in [5, 5.41) is 3.46. The van der Waals surface area contributed by atoms with Crippen molar-refractivity contribution in [1.29, 1.82) is 0 Å². The zero-order valence-corrected chi connectivity index (χ0v) is 11.1. The van der Waals surface area contributed by atoms with Crippen LogP contribution < -0.4 is 5.32 Å². The standard InChI is InChI=1S/C15H24N2/c1-3-13-9-6-10-17-15(13)14(16-2)11-12-7-4-5-8-12/h6,9-10,12,14,16H,3-5,7-8,11H2,1-2H3. The molecule has 1 aliphatic carbocycles. The smallest absolute Gasteiger partial charge is 0.0604 e. The largest absolute Gasteiger partial charge is 0.312 e. The Morgan fingerprint density at radius 3 is 2.82 bits per heavy atom. The van der Waals surface area contributed by atoms with Gasteiger partial charge in [-0.2, -0.15) is 0 Å². The fraction of sp³-hybridized carbons (Fsp3) is 0.667. The summed E-state index contributed by atoms with van der Waals surface area (Å²) in [6.07, 6.45) is 9.91. The summed E-state index contributed by atoms with van der Waals surface area (Å²) < 4.78 is 0. The summed E-state index contributed by atoms with van der Waals surface area (Å²) in [5.41, 5.74) is 2.66. The van der Waals surface area contributed by atoms with Crippen molar-refractivity contribution in [1.82, 2.24) is 10.3 Å². The van der Waals surface area contributed by atoms with E-state index in [-0.39, 0.29) is 0 Å². The minimum atomic E-state index is 0.439. The molecule has 1 atom stereocenters. The third kappa shape index (κ3) is 3.06. The fourth-order valence-corrected chi connectivity index (χ4v) is 3.01. The Morgan fingerprint density at radius 1 is 1.41 bits per heavy atom. The van der Waals surface area contributed by atoms with E-state index in [4.69, 9.17) is 0 Å². The van der Waals surface area contributed by atoms with E-state index >= 15 is 0 Å². The first-order valence-corrected chi connectivity index (χ1v) is 6.96. The molecule has 1 saturated carbocycles. The molecule has 0 aliphatic heterocycles. The van der Waals surface area contributed by atoms with Crippen molar-refractivity contribution in [3.8, 4) is 0 Å². The van der Waals surface area contributed by atoms with Crippen LogP contribution in [0.2, 0.25) is 0 Å². The van der Waals surface area contributed by atoms with E-state index < -0.39 is 0 Å². The Hall–Kier alpha value is -0.890. The molecule has 1 aromatic rings. The van der Waals surface area contributed by atoms with Crippen LogP contribution in [0.15, 0.2) is 18.3 Å². The topological polar surface area (TPSA) is 24.9 Å². The molecular formula is C15H24N2. The van der Waals surface area contributed by atoms with Gasteiger partial charge >= 0.3 is 0 Å². The molecule has 2 nitrogen and oxygen atoms in total. The van der Waals surface area contributed by atoms with Crippen molar-refractivity contribution in [3.63, 3.8) is 0 Å². The fourth-order valence-electron chi connectivity index (χ4n) is 3.01. The number of nitrogens with zero attached hydrogens (tertiary/aromatic N) is 1. The first kappa shape index (κ1) is 12.6. The van der Waals surface area contributed by atoms with Crippen molar-refractivity contribution in [2.45, 2.75) is 51.5 Å². The number of hydrogen-bond donors (Lipinski definition) is 1. The highest BCUT2D eigenvalue weighted by molar-refractivity contribution is 5.22. The van der Waals surface area contributed by atoms with Crippen molar-refractivity contribution >= 4 is 0 Å². The number of nitrogens with one attached hydrogen (secondary N) is 1. The Morgan fingerprint density at radius 2 is 2.18 bits per heavy atom. The second-order valence-corrected chi connectivity index (χ2v) is 5.13. The molecule has 1 heterocycles. The lowest BCUT2D eigenvalue weighted by Crippen LogP contribution is -2.21. The molecule has 1 unspecified atom stereocenters. The summed E-state index contributed by atoms with van der Waals surface area (Å²) in [7, 11) is 2.06. The molecule has 0 amide bonds. The van der Waals surface area contributed by atoms with E-state index in [2.05, 4.69) is 30.3 Å². The SMILES string of the molecule is CCc1cccnc1C(CC1CCCC1)NC. The van der Waals surface area contributed by atoms with Gasteiger partial charge in [-0.25, -0.2) is 0 Å². The van der Waals surface area contributed by atoms with Gasteiger partial charge in [-0.05, 0) is 37.4 Å². The van der Waals surface area contributed by atoms with Crippen molar-refractivity contribution in [2.75, 3.05) is 7.05 Å². The van der Waals surface area contributed by atoms with Crippen LogP contribution in [-0.2, 0) is 6.42 Å². The summed E-state index contributed by atoms with van der Waals surface area (Å²) in [5.74, 6) is 0.902. The molecule has 1 aliphatic rings. The third-order valence-electron chi connectivity index (χ3n) is 4.03. The molecule has 0 saturated heterocycles. The van der Waals surface area contributed by atoms with Crippen LogP contribution in [0.3, 0.4) is 0 Å². The average Bonchev–Trinajstić information content (AvgIpc) is 2.89. The molecular weight excluding hydrogens is 208 g/mol. The van der Waals surface area contributed by atoms with Gasteiger partial charge in [-0.15, -0.1) is 0 Å². The van der Waals surface area contributed by atoms with E-state index in [0.717, 1.165) is 12.3 Å². The molecule has 1 N–H and O–H groups in total. The van der Waals surface area contributed by atoms with Gasteiger partial charge in [-0.1, -0.05) is 38.7 Å². The van der Waals surface area contributed by atoms with E-state index in [1.165, 1.54) is 43.4 Å². The van der Waals surface area contributed by atoms with Gasteiger partial charge in [-0.3, -0.25) is 4.98 Å². The van der Waals surface area contributed by atoms with Crippen LogP contribution in [0.4, 0.5) is 0 Å². The Balaban J connectivity index is 2.10. The highest BCUT2D eigenvalue weighted by Gasteiger charge is 2.22. The van der Waals surface area contributed by atoms with E-state index in [0.29, 0.717) is 6.04 Å². The second kappa shape index (κ2) is 6.15. The molecule has 2 heteroatoms. The summed E-state index contributed by atoms with van der Waals surface area (Å²) >= 11 is 0. The summed E-state index contributed by atoms with van der Waals surface area (Å²) in [6.45, 7) is 2.21. The van der Waals surface area contributed by atoms with Crippen molar-refractivity contribution in [3.05, 3.63) is 29.6 Å². The van der Waals surface area contributed by atoms with E-state index in [1.54, 1.807) is 0 Å². The highest BCUT2D eigenvalue weighted by Crippen LogP contribution is 2.33. The zero-order chi connectivity index (χ0) is 12.1. The number of aromatic nitrogens is 1. The first-order chi connectivity index (χ1) is 8.35. The van der Waals surface area contributed by atoms with Crippen molar-refractivity contribution in [2.24, 2.45) is 5.92 Å². The molecule has 17 heavy (non-hydrogen) atoms. The lowest BCUT2D eigenvalue weighted by Gasteiger charge is -2.21. The Labute approximate surface area is 105 Å². The predicted molar refractivity (Wildman–Crippen MR) is 72.0 cm³/mol. The number of rotatable bonds is 5. The maximum absolute atomic E-state index is 4.60. The number of aryl methyl sites for hydroxylation is 1. The van der Waals surface area contributed by atoms with Crippen LogP contribution in [0.1, 0.15) is 56.3 Å². The minimum absolute atomic E-state index is 0.439. The normalized spacial score (nSPS) is 18.5. The van der Waals surface area contributed by atoms with E-state index in [9.17, 15) is 0 Å². The van der Waals surface area contributed by atoms with Gasteiger partial charge < -0.3 is 5.32 Å². The van der Waals surface area contributed by atoms with Gasteiger partial charge in [0, 0.05) is 12.2 Å². The quantitative estimate of drug-likeness (QED) is 0.840. The Kier molecular flexibility index (Phi) is 4.55. The number of hydrogen-bond acceptors (Lipinski definition) is 2. The van der Waals surface area contributed by atoms with Gasteiger partial charge in [0.2, 0.25) is 0 Å². The third-order valence-corrected chi connectivity index (χ3v) is 4.03. The maximum Gasteiger partial charge on any atom is 0.0604 e. The van der Waals surface area contributed by atoms with Crippen LogP contribution in [0.25, 0.3) is 0 Å². The molecule has 1 fully saturated rings. The molecule has 0 spiro atoms. The predicted octanol–water partition coefficient (Wildman–Crippen LogP) is 3.48. The average molecular weight is 232 g/mol. The van der Waals surface area contributed by atoms with Gasteiger partial charge in [0.05, 0.1) is 5.69 Å². The number of pyridine rings is 1. The Bertz CT molecular complexity index is 343. The zero-order valence-electron chi connectivity index (χ0n) is 11.1. The van der Waals surface area contributed by atoms with Gasteiger partial charge in [0.15, 0.2) is 0 Å². The lowest BCUT2D eigenvalue weighted by atomic mass is 9.94. The summed E-state index contributed by atoms with van der Waals surface area (Å²) in [6, 6.07) is 4.70. The van der Waals surface area contributed by atoms with Crippen LogP contribution in [-0.4, -0.2) is 12.0 Å². The molecule has 2 rings (SSSR count). The lowest BCUT2D eigenvalue weighted by molar-refractivity contribution is 0.406. The second-order valence-electron chi connectivity index (χ2n) is 5.13. The van der Waals surface area contributed by atoms with Gasteiger partial charge in [0.1, 0.15) is 0 Å². The molecule has 1 aromatic heterocycles. The monoisotopic (exact) mass is 232 g/mol. The van der Waals surface area contributed by atoms with Crippen LogP contribution in [0.5, 0.6) is 0 Å². The van der Waals surface area contributed by atoms with Crippen LogP contribution in [0, 0.1) is 5.92 Å². The molecule has 94 valence electrons. The first-order valence-electron chi connectivity index (χ1n) is 6.96. The van der Waals surface area contributed by atoms with Gasteiger partial charge in [0.25, 0.3) is 0 Å². The minimum Gasteiger partial charge on any atom is -0.312 e. The molecule has 0 bridgehead atoms. The highest BCUT2D eigenvalue weighted by atomic mass is 14.9.